The fourth-order valence-corrected chi connectivity index (χ4v) is 4.06. The standard InChI is InChI=1S/C20H17ClN6OS2/c1-2-16-24-25-20-27(16)26-18(30-20)13-4-3-5-15(11-13)22-19(29)23-17(28)10-12-6-8-14(21)9-7-12/h3-9,11H,2,10H2,1H3,(H2,22,23,28,29). The monoisotopic (exact) mass is 456 g/mol. The number of thiocarbonyl (C=S) groups is 1. The molecule has 0 spiro atoms. The highest BCUT2D eigenvalue weighted by molar-refractivity contribution is 7.80. The Balaban J connectivity index is 1.41. The van der Waals surface area contributed by atoms with Gasteiger partial charge in [0, 0.05) is 22.7 Å². The predicted molar refractivity (Wildman–Crippen MR) is 123 cm³/mol. The zero-order chi connectivity index (χ0) is 21.1. The van der Waals surface area contributed by atoms with Crippen molar-refractivity contribution in [3.63, 3.8) is 0 Å². The molecule has 0 saturated heterocycles. The van der Waals surface area contributed by atoms with Crippen LogP contribution < -0.4 is 10.6 Å². The third-order valence-electron chi connectivity index (χ3n) is 4.27. The normalized spacial score (nSPS) is 10.9. The molecule has 4 aromatic rings. The summed E-state index contributed by atoms with van der Waals surface area (Å²) in [5, 5.41) is 20.3. The highest BCUT2D eigenvalue weighted by atomic mass is 35.5. The first-order valence-corrected chi connectivity index (χ1v) is 10.8. The van der Waals surface area contributed by atoms with Crippen LogP contribution in [0.4, 0.5) is 5.69 Å². The van der Waals surface area contributed by atoms with Crippen LogP contribution in [-0.4, -0.2) is 30.8 Å². The van der Waals surface area contributed by atoms with Crippen molar-refractivity contribution < 1.29 is 4.79 Å². The van der Waals surface area contributed by atoms with Gasteiger partial charge in [-0.3, -0.25) is 4.79 Å². The summed E-state index contributed by atoms with van der Waals surface area (Å²) in [5.74, 6) is 0.623. The first-order valence-electron chi connectivity index (χ1n) is 9.18. The quantitative estimate of drug-likeness (QED) is 0.439. The van der Waals surface area contributed by atoms with Gasteiger partial charge < -0.3 is 10.6 Å². The Morgan fingerprint density at radius 2 is 2.00 bits per heavy atom. The van der Waals surface area contributed by atoms with Gasteiger partial charge in [-0.15, -0.1) is 10.2 Å². The molecule has 1 amide bonds. The molecule has 0 saturated carbocycles. The van der Waals surface area contributed by atoms with Crippen molar-refractivity contribution in [2.75, 3.05) is 5.32 Å². The molecule has 2 heterocycles. The van der Waals surface area contributed by atoms with E-state index in [1.807, 2.05) is 43.3 Å². The maximum atomic E-state index is 12.2. The molecule has 0 aliphatic heterocycles. The van der Waals surface area contributed by atoms with E-state index in [9.17, 15) is 4.79 Å². The van der Waals surface area contributed by atoms with Gasteiger partial charge in [-0.25, -0.2) is 0 Å². The van der Waals surface area contributed by atoms with Gasteiger partial charge in [0.05, 0.1) is 6.42 Å². The van der Waals surface area contributed by atoms with E-state index in [1.165, 1.54) is 11.3 Å². The average molecular weight is 457 g/mol. The van der Waals surface area contributed by atoms with E-state index in [1.54, 1.807) is 16.6 Å². The molecule has 0 aliphatic rings. The van der Waals surface area contributed by atoms with Crippen molar-refractivity contribution in [3.8, 4) is 10.6 Å². The summed E-state index contributed by atoms with van der Waals surface area (Å²) in [6, 6.07) is 14.8. The van der Waals surface area contributed by atoms with Crippen molar-refractivity contribution in [1.29, 1.82) is 0 Å². The molecule has 2 aromatic carbocycles. The summed E-state index contributed by atoms with van der Waals surface area (Å²) >= 11 is 12.6. The number of nitrogens with one attached hydrogen (secondary N) is 2. The Bertz CT molecular complexity index is 1220. The number of benzene rings is 2. The number of rotatable bonds is 5. The lowest BCUT2D eigenvalue weighted by Gasteiger charge is -2.10. The maximum Gasteiger partial charge on any atom is 0.234 e. The lowest BCUT2D eigenvalue weighted by atomic mass is 10.1. The smallest absolute Gasteiger partial charge is 0.234 e. The Labute approximate surface area is 187 Å². The number of fused-ring (bicyclic) bond motifs is 1. The van der Waals surface area contributed by atoms with E-state index in [0.29, 0.717) is 5.02 Å². The zero-order valence-corrected chi connectivity index (χ0v) is 18.3. The number of aryl methyl sites for hydroxylation is 1. The first-order chi connectivity index (χ1) is 14.5. The molecular formula is C20H17ClN6OS2. The number of carbonyl (C=O) groups excluding carboxylic acids is 1. The van der Waals surface area contributed by atoms with Crippen LogP contribution in [0.25, 0.3) is 15.5 Å². The minimum Gasteiger partial charge on any atom is -0.332 e. The highest BCUT2D eigenvalue weighted by Crippen LogP contribution is 2.27. The summed E-state index contributed by atoms with van der Waals surface area (Å²) in [5.41, 5.74) is 2.54. The van der Waals surface area contributed by atoms with Crippen molar-refractivity contribution in [2.45, 2.75) is 19.8 Å². The number of aromatic nitrogens is 4. The third kappa shape index (κ3) is 4.64. The van der Waals surface area contributed by atoms with Gasteiger partial charge in [0.25, 0.3) is 0 Å². The molecule has 30 heavy (non-hydrogen) atoms. The van der Waals surface area contributed by atoms with Crippen LogP contribution in [0, 0.1) is 0 Å². The van der Waals surface area contributed by atoms with Crippen LogP contribution in [0.15, 0.2) is 48.5 Å². The Morgan fingerprint density at radius 3 is 2.77 bits per heavy atom. The highest BCUT2D eigenvalue weighted by Gasteiger charge is 2.12. The topological polar surface area (TPSA) is 84.2 Å². The van der Waals surface area contributed by atoms with Gasteiger partial charge in [0.1, 0.15) is 5.01 Å². The maximum absolute atomic E-state index is 12.2. The number of hydrogen-bond donors (Lipinski definition) is 2. The predicted octanol–water partition coefficient (Wildman–Crippen LogP) is 4.12. The van der Waals surface area contributed by atoms with Crippen LogP contribution in [0.5, 0.6) is 0 Å². The second kappa shape index (κ2) is 8.86. The largest absolute Gasteiger partial charge is 0.332 e. The Morgan fingerprint density at radius 1 is 1.20 bits per heavy atom. The summed E-state index contributed by atoms with van der Waals surface area (Å²) in [6.07, 6.45) is 0.974. The summed E-state index contributed by atoms with van der Waals surface area (Å²) in [6.45, 7) is 2.02. The molecule has 0 unspecified atom stereocenters. The lowest BCUT2D eigenvalue weighted by Crippen LogP contribution is -2.35. The minimum absolute atomic E-state index is 0.202. The van der Waals surface area contributed by atoms with Crippen LogP contribution in [-0.2, 0) is 17.6 Å². The fourth-order valence-electron chi connectivity index (χ4n) is 2.85. The van der Waals surface area contributed by atoms with Gasteiger partial charge in [-0.1, -0.05) is 54.1 Å². The number of carbonyl (C=O) groups is 1. The van der Waals surface area contributed by atoms with Crippen LogP contribution in [0.3, 0.4) is 0 Å². The Kier molecular flexibility index (Phi) is 6.03. The number of hydrogen-bond acceptors (Lipinski definition) is 6. The minimum atomic E-state index is -0.202. The second-order valence-corrected chi connectivity index (χ2v) is 8.26. The van der Waals surface area contributed by atoms with Crippen LogP contribution >= 0.6 is 35.2 Å². The van der Waals surface area contributed by atoms with Gasteiger partial charge in [0.2, 0.25) is 10.9 Å². The van der Waals surface area contributed by atoms with Crippen molar-refractivity contribution in [2.24, 2.45) is 0 Å². The summed E-state index contributed by atoms with van der Waals surface area (Å²) < 4.78 is 1.77. The molecule has 152 valence electrons. The molecule has 0 fully saturated rings. The van der Waals surface area contributed by atoms with Crippen molar-refractivity contribution in [1.82, 2.24) is 25.1 Å². The van der Waals surface area contributed by atoms with Gasteiger partial charge in [0.15, 0.2) is 10.9 Å². The first kappa shape index (κ1) is 20.4. The molecule has 7 nitrogen and oxygen atoms in total. The second-order valence-electron chi connectivity index (χ2n) is 6.46. The molecule has 10 heteroatoms. The van der Waals surface area contributed by atoms with Crippen molar-refractivity contribution in [3.05, 3.63) is 64.9 Å². The van der Waals surface area contributed by atoms with E-state index in [4.69, 9.17) is 23.8 Å². The van der Waals surface area contributed by atoms with E-state index >= 15 is 0 Å². The number of halogens is 1. The molecule has 0 atom stereocenters. The SMILES string of the molecule is CCc1nnc2sc(-c3cccc(NC(=S)NC(=O)Cc4ccc(Cl)cc4)c3)nn12. The van der Waals surface area contributed by atoms with E-state index in [0.717, 1.165) is 39.0 Å². The molecule has 0 aliphatic carbocycles. The van der Waals surface area contributed by atoms with Gasteiger partial charge in [-0.2, -0.15) is 9.61 Å². The van der Waals surface area contributed by atoms with Crippen molar-refractivity contribution >= 4 is 56.8 Å². The van der Waals surface area contributed by atoms with E-state index in [2.05, 4.69) is 25.9 Å². The fraction of sp³-hybridized carbons (Fsp3) is 0.150. The van der Waals surface area contributed by atoms with Crippen LogP contribution in [0.2, 0.25) is 5.02 Å². The summed E-state index contributed by atoms with van der Waals surface area (Å²) in [4.78, 5) is 13.0. The molecule has 2 N–H and O–H groups in total. The lowest BCUT2D eigenvalue weighted by molar-refractivity contribution is -0.119. The number of amides is 1. The summed E-state index contributed by atoms with van der Waals surface area (Å²) in [7, 11) is 0. The number of nitrogens with zero attached hydrogens (tertiary/aromatic N) is 4. The molecule has 0 bridgehead atoms. The third-order valence-corrected chi connectivity index (χ3v) is 5.67. The van der Waals surface area contributed by atoms with Crippen LogP contribution in [0.1, 0.15) is 18.3 Å². The van der Waals surface area contributed by atoms with E-state index in [-0.39, 0.29) is 17.4 Å². The number of anilines is 1. The molecule has 0 radical (unpaired) electrons. The zero-order valence-electron chi connectivity index (χ0n) is 15.9. The average Bonchev–Trinajstić information content (AvgIpc) is 3.30. The molecule has 2 aromatic heterocycles. The Hall–Kier alpha value is -2.88. The van der Waals surface area contributed by atoms with Gasteiger partial charge >= 0.3 is 0 Å². The molecular weight excluding hydrogens is 440 g/mol. The van der Waals surface area contributed by atoms with E-state index < -0.39 is 0 Å². The molecule has 4 rings (SSSR count). The van der Waals surface area contributed by atoms with Gasteiger partial charge in [-0.05, 0) is 42.0 Å².